The zero-order chi connectivity index (χ0) is 28.3. The lowest BCUT2D eigenvalue weighted by atomic mass is 9.93. The van der Waals surface area contributed by atoms with E-state index in [0.717, 1.165) is 5.56 Å². The number of ether oxygens (including phenoxy) is 2. The quantitative estimate of drug-likeness (QED) is 0.213. The molecule has 8 nitrogen and oxygen atoms in total. The number of amides is 1. The van der Waals surface area contributed by atoms with E-state index in [1.54, 1.807) is 61.7 Å². The minimum Gasteiger partial charge on any atom is -0.507 e. The molecule has 0 aromatic heterocycles. The number of rotatable bonds is 9. The Morgan fingerprint density at radius 1 is 0.949 bits per heavy atom. The zero-order valence-electron chi connectivity index (χ0n) is 22.3. The molecule has 1 aliphatic heterocycles. The molecule has 0 radical (unpaired) electrons. The Kier molecular flexibility index (Phi) is 8.04. The van der Waals surface area contributed by atoms with Gasteiger partial charge in [0.25, 0.3) is 11.7 Å². The van der Waals surface area contributed by atoms with E-state index in [1.807, 2.05) is 20.8 Å². The van der Waals surface area contributed by atoms with Crippen LogP contribution in [0.2, 0.25) is 0 Å². The first kappa shape index (κ1) is 27.4. The fourth-order valence-corrected chi connectivity index (χ4v) is 4.71. The van der Waals surface area contributed by atoms with E-state index in [9.17, 15) is 24.6 Å². The second-order valence-electron chi connectivity index (χ2n) is 9.54. The number of hydrogen-bond donors (Lipinski definition) is 2. The number of benzene rings is 3. The Morgan fingerprint density at radius 2 is 1.59 bits per heavy atom. The average Bonchev–Trinajstić information content (AvgIpc) is 3.18. The van der Waals surface area contributed by atoms with Gasteiger partial charge in [0, 0.05) is 12.1 Å². The van der Waals surface area contributed by atoms with Crippen LogP contribution in [0.15, 0.2) is 72.3 Å². The van der Waals surface area contributed by atoms with E-state index >= 15 is 0 Å². The van der Waals surface area contributed by atoms with Crippen LogP contribution in [0.25, 0.3) is 5.76 Å². The molecule has 1 atom stereocenters. The van der Waals surface area contributed by atoms with Crippen molar-refractivity contribution in [2.75, 3.05) is 13.7 Å². The first-order valence-corrected chi connectivity index (χ1v) is 12.7. The van der Waals surface area contributed by atoms with Crippen molar-refractivity contribution >= 4 is 23.4 Å². The van der Waals surface area contributed by atoms with Gasteiger partial charge in [-0.3, -0.25) is 9.59 Å². The predicted octanol–water partition coefficient (Wildman–Crippen LogP) is 5.54. The Bertz CT molecular complexity index is 1420. The van der Waals surface area contributed by atoms with Crippen LogP contribution in [-0.4, -0.2) is 46.5 Å². The summed E-state index contributed by atoms with van der Waals surface area (Å²) in [6, 6.07) is 17.4. The topological polar surface area (TPSA) is 113 Å². The van der Waals surface area contributed by atoms with Crippen LogP contribution < -0.4 is 9.47 Å². The third-order valence-corrected chi connectivity index (χ3v) is 6.73. The highest BCUT2D eigenvalue weighted by atomic mass is 16.5. The number of carbonyl (C=O) groups excluding carboxylic acids is 2. The van der Waals surface area contributed by atoms with Gasteiger partial charge >= 0.3 is 5.97 Å². The molecule has 1 saturated heterocycles. The number of likely N-dealkylation sites (tertiary alicyclic amines) is 1. The van der Waals surface area contributed by atoms with E-state index in [0.29, 0.717) is 34.8 Å². The van der Waals surface area contributed by atoms with Gasteiger partial charge in [-0.2, -0.15) is 0 Å². The molecule has 39 heavy (non-hydrogen) atoms. The minimum atomic E-state index is -1.06. The first-order chi connectivity index (χ1) is 18.7. The van der Waals surface area contributed by atoms with Crippen molar-refractivity contribution in [2.24, 2.45) is 0 Å². The molecule has 202 valence electrons. The molecule has 4 rings (SSSR count). The number of Topliss-reactive ketones (excluding diaryl/α,β-unsaturated/α-hetero) is 1. The molecule has 3 aromatic rings. The Balaban J connectivity index is 1.84. The van der Waals surface area contributed by atoms with E-state index < -0.39 is 23.7 Å². The molecule has 8 heteroatoms. The fourth-order valence-electron chi connectivity index (χ4n) is 4.71. The van der Waals surface area contributed by atoms with Crippen molar-refractivity contribution < 1.29 is 34.1 Å². The van der Waals surface area contributed by atoms with Crippen molar-refractivity contribution in [1.82, 2.24) is 4.90 Å². The number of nitrogens with zero attached hydrogens (tertiary/aromatic N) is 1. The average molecular weight is 530 g/mol. The highest BCUT2D eigenvalue weighted by Crippen LogP contribution is 2.41. The first-order valence-electron chi connectivity index (χ1n) is 12.7. The number of carboxylic acid groups (broad SMARTS) is 1. The standard InChI is InChI=1S/C31H31NO7/c1-5-39-25-15-12-22(16-24(25)18(2)3)28(33)26-27(20-10-13-23(38-4)14-11-20)32(30(35)29(26)34)17-19-6-8-21(9-7-19)31(36)37/h6-16,18,27,33H,5,17H2,1-4H3,(H,36,37)/b28-26-. The summed E-state index contributed by atoms with van der Waals surface area (Å²) in [5.41, 5.74) is 2.63. The lowest BCUT2D eigenvalue weighted by Gasteiger charge is -2.26. The minimum absolute atomic E-state index is 0.0220. The number of ketones is 1. The van der Waals surface area contributed by atoms with Crippen LogP contribution >= 0.6 is 0 Å². The SMILES string of the molecule is CCOc1ccc(/C(O)=C2/C(=O)C(=O)N(Cc3ccc(C(=O)O)cc3)C2c2ccc(OC)cc2)cc1C(C)C. The number of aliphatic hydroxyl groups excluding tert-OH is 1. The van der Waals surface area contributed by atoms with E-state index in [-0.39, 0.29) is 29.4 Å². The van der Waals surface area contributed by atoms with E-state index in [4.69, 9.17) is 9.47 Å². The van der Waals surface area contributed by atoms with Gasteiger partial charge in [-0.15, -0.1) is 0 Å². The third kappa shape index (κ3) is 5.50. The summed E-state index contributed by atoms with van der Waals surface area (Å²) in [6.07, 6.45) is 0. The smallest absolute Gasteiger partial charge is 0.335 e. The molecule has 1 fully saturated rings. The molecular formula is C31H31NO7. The summed E-state index contributed by atoms with van der Waals surface area (Å²) in [6.45, 7) is 6.43. The Labute approximate surface area is 227 Å². The maximum Gasteiger partial charge on any atom is 0.335 e. The van der Waals surface area contributed by atoms with Crippen LogP contribution in [0.4, 0.5) is 0 Å². The van der Waals surface area contributed by atoms with Crippen molar-refractivity contribution in [3.63, 3.8) is 0 Å². The summed E-state index contributed by atoms with van der Waals surface area (Å²) in [4.78, 5) is 39.4. The fraction of sp³-hybridized carbons (Fsp3) is 0.258. The maximum atomic E-state index is 13.4. The van der Waals surface area contributed by atoms with Gasteiger partial charge in [-0.1, -0.05) is 38.1 Å². The summed E-state index contributed by atoms with van der Waals surface area (Å²) in [7, 11) is 1.54. The molecule has 0 spiro atoms. The van der Waals surface area contributed by atoms with E-state index in [1.165, 1.54) is 17.0 Å². The number of aliphatic hydroxyl groups is 1. The number of hydrogen-bond acceptors (Lipinski definition) is 6. The zero-order valence-corrected chi connectivity index (χ0v) is 22.3. The molecule has 1 heterocycles. The number of aromatic carboxylic acids is 1. The van der Waals surface area contributed by atoms with Crippen LogP contribution in [0.5, 0.6) is 11.5 Å². The van der Waals surface area contributed by atoms with Gasteiger partial charge in [-0.05, 0) is 72.0 Å². The summed E-state index contributed by atoms with van der Waals surface area (Å²) < 4.78 is 11.0. The second kappa shape index (κ2) is 11.4. The lowest BCUT2D eigenvalue weighted by Crippen LogP contribution is -2.29. The predicted molar refractivity (Wildman–Crippen MR) is 146 cm³/mol. The van der Waals surface area contributed by atoms with Gasteiger partial charge < -0.3 is 24.6 Å². The van der Waals surface area contributed by atoms with Gasteiger partial charge in [0.1, 0.15) is 17.3 Å². The summed E-state index contributed by atoms with van der Waals surface area (Å²) in [5, 5.41) is 20.7. The Hall–Kier alpha value is -4.59. The van der Waals surface area contributed by atoms with Crippen molar-refractivity contribution in [3.05, 3.63) is 100 Å². The molecule has 1 unspecified atom stereocenters. The third-order valence-electron chi connectivity index (χ3n) is 6.73. The molecule has 1 aliphatic rings. The van der Waals surface area contributed by atoms with Crippen LogP contribution in [-0.2, 0) is 16.1 Å². The largest absolute Gasteiger partial charge is 0.507 e. The molecule has 2 N–H and O–H groups in total. The number of carboxylic acids is 1. The summed E-state index contributed by atoms with van der Waals surface area (Å²) >= 11 is 0. The van der Waals surface area contributed by atoms with Gasteiger partial charge in [-0.25, -0.2) is 4.79 Å². The Morgan fingerprint density at radius 3 is 2.15 bits per heavy atom. The van der Waals surface area contributed by atoms with Crippen molar-refractivity contribution in [1.29, 1.82) is 0 Å². The molecule has 0 aliphatic carbocycles. The molecule has 3 aromatic carbocycles. The highest BCUT2D eigenvalue weighted by Gasteiger charge is 2.46. The van der Waals surface area contributed by atoms with Crippen molar-refractivity contribution in [2.45, 2.75) is 39.3 Å². The van der Waals surface area contributed by atoms with E-state index in [2.05, 4.69) is 0 Å². The molecule has 0 saturated carbocycles. The molecule has 0 bridgehead atoms. The maximum absolute atomic E-state index is 13.4. The number of methoxy groups -OCH3 is 1. The van der Waals surface area contributed by atoms with Gasteiger partial charge in [0.15, 0.2) is 0 Å². The van der Waals surface area contributed by atoms with Gasteiger partial charge in [0.2, 0.25) is 0 Å². The van der Waals surface area contributed by atoms with Crippen LogP contribution in [0.3, 0.4) is 0 Å². The molecule has 1 amide bonds. The monoisotopic (exact) mass is 529 g/mol. The normalized spacial score (nSPS) is 16.5. The molecular weight excluding hydrogens is 498 g/mol. The van der Waals surface area contributed by atoms with Crippen LogP contribution in [0, 0.1) is 0 Å². The number of carbonyl (C=O) groups is 3. The van der Waals surface area contributed by atoms with Gasteiger partial charge in [0.05, 0.1) is 30.9 Å². The lowest BCUT2D eigenvalue weighted by molar-refractivity contribution is -0.140. The second-order valence-corrected chi connectivity index (χ2v) is 9.54. The van der Waals surface area contributed by atoms with Crippen LogP contribution in [0.1, 0.15) is 65.3 Å². The van der Waals surface area contributed by atoms with Crippen molar-refractivity contribution in [3.8, 4) is 11.5 Å². The summed E-state index contributed by atoms with van der Waals surface area (Å²) in [5.74, 6) is -1.49. The highest BCUT2D eigenvalue weighted by molar-refractivity contribution is 6.46.